The van der Waals surface area contributed by atoms with Crippen LogP contribution in [0, 0.1) is 0 Å². The molecule has 0 unspecified atom stereocenters. The van der Waals surface area contributed by atoms with E-state index in [1.807, 2.05) is 0 Å². The molecule has 1 heterocycles. The molecule has 0 saturated heterocycles. The standard InChI is InChI=1S/C21H25N3O6S/c1-4-29-19(25)12-13-24-14-15-6-11-18(21(30-5-2)20(15)22-24)23-31(26,27)17-9-7-16(28-3)8-10-17/h6-11,14,23H,4-5,12-13H2,1-3H3. The molecule has 10 heteroatoms. The largest absolute Gasteiger partial charge is 0.497 e. The number of aromatic nitrogens is 2. The first-order valence-electron chi connectivity index (χ1n) is 9.83. The molecule has 0 aliphatic heterocycles. The van der Waals surface area contributed by atoms with Gasteiger partial charge in [0.15, 0.2) is 5.75 Å². The van der Waals surface area contributed by atoms with Crippen LogP contribution in [0.3, 0.4) is 0 Å². The van der Waals surface area contributed by atoms with Crippen LogP contribution in [-0.2, 0) is 26.1 Å². The topological polar surface area (TPSA) is 109 Å². The van der Waals surface area contributed by atoms with Crippen molar-refractivity contribution in [3.63, 3.8) is 0 Å². The number of aryl methyl sites for hydroxylation is 1. The number of ether oxygens (including phenoxy) is 3. The lowest BCUT2D eigenvalue weighted by molar-refractivity contribution is -0.143. The molecule has 0 radical (unpaired) electrons. The van der Waals surface area contributed by atoms with Gasteiger partial charge in [0, 0.05) is 11.6 Å². The number of sulfonamides is 1. The van der Waals surface area contributed by atoms with Crippen molar-refractivity contribution < 1.29 is 27.4 Å². The number of carbonyl (C=O) groups is 1. The zero-order valence-electron chi connectivity index (χ0n) is 17.6. The molecule has 0 aliphatic carbocycles. The summed E-state index contributed by atoms with van der Waals surface area (Å²) in [6.07, 6.45) is 1.96. The number of anilines is 1. The van der Waals surface area contributed by atoms with Gasteiger partial charge in [0.2, 0.25) is 0 Å². The second-order valence-electron chi connectivity index (χ2n) is 6.54. The summed E-state index contributed by atoms with van der Waals surface area (Å²) in [5.74, 6) is 0.579. The second kappa shape index (κ2) is 9.69. The number of benzene rings is 2. The first-order chi connectivity index (χ1) is 14.9. The molecule has 0 saturated carbocycles. The van der Waals surface area contributed by atoms with Crippen LogP contribution in [0.1, 0.15) is 20.3 Å². The van der Waals surface area contributed by atoms with Gasteiger partial charge in [-0.1, -0.05) is 0 Å². The lowest BCUT2D eigenvalue weighted by Gasteiger charge is -2.13. The minimum Gasteiger partial charge on any atom is -0.497 e. The minimum absolute atomic E-state index is 0.0933. The van der Waals surface area contributed by atoms with Crippen LogP contribution in [0.25, 0.3) is 10.9 Å². The van der Waals surface area contributed by atoms with Crippen molar-refractivity contribution in [1.82, 2.24) is 9.78 Å². The Labute approximate surface area is 181 Å². The van der Waals surface area contributed by atoms with Gasteiger partial charge in [0.05, 0.1) is 43.9 Å². The summed E-state index contributed by atoms with van der Waals surface area (Å²) in [7, 11) is -2.34. The Morgan fingerprint density at radius 3 is 2.48 bits per heavy atom. The van der Waals surface area contributed by atoms with Gasteiger partial charge >= 0.3 is 5.97 Å². The van der Waals surface area contributed by atoms with Gasteiger partial charge in [0.1, 0.15) is 11.3 Å². The summed E-state index contributed by atoms with van der Waals surface area (Å²) >= 11 is 0. The van der Waals surface area contributed by atoms with Gasteiger partial charge in [-0.25, -0.2) is 8.42 Å². The minimum atomic E-state index is -3.85. The average Bonchev–Trinajstić information content (AvgIpc) is 3.17. The molecular formula is C21H25N3O6S. The van der Waals surface area contributed by atoms with Crippen LogP contribution >= 0.6 is 0 Å². The monoisotopic (exact) mass is 447 g/mol. The van der Waals surface area contributed by atoms with E-state index in [0.29, 0.717) is 36.8 Å². The third-order valence-electron chi connectivity index (χ3n) is 4.43. The fourth-order valence-electron chi connectivity index (χ4n) is 2.99. The van der Waals surface area contributed by atoms with Gasteiger partial charge in [-0.05, 0) is 50.2 Å². The summed E-state index contributed by atoms with van der Waals surface area (Å²) in [6.45, 7) is 4.55. The molecule has 0 spiro atoms. The lowest BCUT2D eigenvalue weighted by atomic mass is 10.2. The molecule has 9 nitrogen and oxygen atoms in total. The number of fused-ring (bicyclic) bond motifs is 1. The summed E-state index contributed by atoms with van der Waals surface area (Å²) in [4.78, 5) is 11.7. The lowest BCUT2D eigenvalue weighted by Crippen LogP contribution is -2.14. The average molecular weight is 448 g/mol. The van der Waals surface area contributed by atoms with E-state index in [-0.39, 0.29) is 23.0 Å². The molecule has 31 heavy (non-hydrogen) atoms. The summed E-state index contributed by atoms with van der Waals surface area (Å²) in [5.41, 5.74) is 0.779. The van der Waals surface area contributed by atoms with Crippen molar-refractivity contribution in [2.24, 2.45) is 0 Å². The quantitative estimate of drug-likeness (QED) is 0.475. The molecule has 0 fully saturated rings. The second-order valence-corrected chi connectivity index (χ2v) is 8.22. The summed E-state index contributed by atoms with van der Waals surface area (Å²) < 4.78 is 45.6. The number of nitrogens with one attached hydrogen (secondary N) is 1. The Kier molecular flexibility index (Phi) is 7.01. The molecule has 3 rings (SSSR count). The highest BCUT2D eigenvalue weighted by Gasteiger charge is 2.20. The van der Waals surface area contributed by atoms with Crippen LogP contribution in [0.5, 0.6) is 11.5 Å². The van der Waals surface area contributed by atoms with E-state index in [4.69, 9.17) is 14.2 Å². The van der Waals surface area contributed by atoms with Crippen LogP contribution in [-0.4, -0.2) is 44.5 Å². The Hall–Kier alpha value is -3.27. The summed E-state index contributed by atoms with van der Waals surface area (Å²) in [5, 5.41) is 5.25. The first-order valence-corrected chi connectivity index (χ1v) is 11.3. The molecule has 2 aromatic carbocycles. The number of esters is 1. The number of rotatable bonds is 10. The Morgan fingerprint density at radius 2 is 1.84 bits per heavy atom. The van der Waals surface area contributed by atoms with Crippen molar-refractivity contribution in [3.05, 3.63) is 42.6 Å². The fraction of sp³-hybridized carbons (Fsp3) is 0.333. The maximum absolute atomic E-state index is 12.9. The predicted octanol–water partition coefficient (Wildman–Crippen LogP) is 3.20. The molecule has 1 N–H and O–H groups in total. The number of methoxy groups -OCH3 is 1. The van der Waals surface area contributed by atoms with Crippen molar-refractivity contribution in [1.29, 1.82) is 0 Å². The first kappa shape index (κ1) is 22.4. The highest BCUT2D eigenvalue weighted by molar-refractivity contribution is 7.92. The third-order valence-corrected chi connectivity index (χ3v) is 5.81. The Balaban J connectivity index is 1.90. The number of hydrogen-bond acceptors (Lipinski definition) is 7. The number of carbonyl (C=O) groups excluding carboxylic acids is 1. The van der Waals surface area contributed by atoms with Gasteiger partial charge in [-0.2, -0.15) is 5.10 Å². The van der Waals surface area contributed by atoms with E-state index in [0.717, 1.165) is 5.39 Å². The molecule has 0 bridgehead atoms. The molecule has 166 valence electrons. The molecule has 0 aliphatic rings. The zero-order valence-corrected chi connectivity index (χ0v) is 18.4. The highest BCUT2D eigenvalue weighted by atomic mass is 32.2. The van der Waals surface area contributed by atoms with E-state index in [1.54, 1.807) is 49.0 Å². The Morgan fingerprint density at radius 1 is 1.10 bits per heavy atom. The zero-order chi connectivity index (χ0) is 22.4. The molecule has 0 amide bonds. The van der Waals surface area contributed by atoms with E-state index in [2.05, 4.69) is 9.82 Å². The van der Waals surface area contributed by atoms with E-state index >= 15 is 0 Å². The van der Waals surface area contributed by atoms with Gasteiger partial charge < -0.3 is 14.2 Å². The van der Waals surface area contributed by atoms with Gasteiger partial charge in [-0.3, -0.25) is 14.2 Å². The maximum atomic E-state index is 12.9. The SMILES string of the molecule is CCOC(=O)CCn1cc2ccc(NS(=O)(=O)c3ccc(OC)cc3)c(OCC)c2n1. The van der Waals surface area contributed by atoms with Gasteiger partial charge in [-0.15, -0.1) is 0 Å². The van der Waals surface area contributed by atoms with Crippen LogP contribution in [0.4, 0.5) is 5.69 Å². The molecule has 3 aromatic rings. The third kappa shape index (κ3) is 5.26. The summed E-state index contributed by atoms with van der Waals surface area (Å²) in [6, 6.07) is 9.45. The van der Waals surface area contributed by atoms with E-state index in [9.17, 15) is 13.2 Å². The van der Waals surface area contributed by atoms with Crippen molar-refractivity contribution in [3.8, 4) is 11.5 Å². The van der Waals surface area contributed by atoms with Gasteiger partial charge in [0.25, 0.3) is 10.0 Å². The van der Waals surface area contributed by atoms with E-state index in [1.165, 1.54) is 19.2 Å². The normalized spacial score (nSPS) is 11.3. The van der Waals surface area contributed by atoms with Crippen molar-refractivity contribution in [2.75, 3.05) is 25.0 Å². The fourth-order valence-corrected chi connectivity index (χ4v) is 4.06. The van der Waals surface area contributed by atoms with Crippen LogP contribution in [0.2, 0.25) is 0 Å². The molecule has 0 atom stereocenters. The molecular weight excluding hydrogens is 422 g/mol. The Bertz CT molecular complexity index is 1160. The van der Waals surface area contributed by atoms with Crippen LogP contribution in [0.15, 0.2) is 47.5 Å². The number of nitrogens with zero attached hydrogens (tertiary/aromatic N) is 2. The number of hydrogen-bond donors (Lipinski definition) is 1. The highest BCUT2D eigenvalue weighted by Crippen LogP contribution is 2.34. The van der Waals surface area contributed by atoms with Crippen LogP contribution < -0.4 is 14.2 Å². The van der Waals surface area contributed by atoms with E-state index < -0.39 is 10.0 Å². The van der Waals surface area contributed by atoms with Crippen molar-refractivity contribution >= 4 is 32.6 Å². The smallest absolute Gasteiger partial charge is 0.307 e. The molecule has 1 aromatic heterocycles. The maximum Gasteiger partial charge on any atom is 0.307 e. The van der Waals surface area contributed by atoms with Crippen molar-refractivity contribution in [2.45, 2.75) is 31.7 Å². The predicted molar refractivity (Wildman–Crippen MR) is 116 cm³/mol.